The van der Waals surface area contributed by atoms with E-state index < -0.39 is 0 Å². The summed E-state index contributed by atoms with van der Waals surface area (Å²) in [6.45, 7) is 1.88. The van der Waals surface area contributed by atoms with E-state index in [1.54, 1.807) is 0 Å². The van der Waals surface area contributed by atoms with Crippen molar-refractivity contribution in [3.8, 4) is 0 Å². The average molecular weight is 265 g/mol. The number of halogens is 1. The van der Waals surface area contributed by atoms with Crippen molar-refractivity contribution < 1.29 is 4.74 Å². The minimum Gasteiger partial charge on any atom is -0.370 e. The van der Waals surface area contributed by atoms with Gasteiger partial charge >= 0.3 is 0 Å². The highest BCUT2D eigenvalue weighted by Gasteiger charge is 2.36. The summed E-state index contributed by atoms with van der Waals surface area (Å²) in [6, 6.07) is 7.04. The average Bonchev–Trinajstić information content (AvgIpc) is 2.77. The van der Waals surface area contributed by atoms with Gasteiger partial charge in [0.25, 0.3) is 0 Å². The summed E-state index contributed by atoms with van der Waals surface area (Å²) in [6.07, 6.45) is 3.48. The van der Waals surface area contributed by atoms with Crippen LogP contribution in [0, 0.1) is 0 Å². The molecule has 1 aromatic carbocycles. The zero-order chi connectivity index (χ0) is 11.4. The van der Waals surface area contributed by atoms with E-state index in [4.69, 9.17) is 4.74 Å². The molecule has 1 fully saturated rings. The fourth-order valence-electron chi connectivity index (χ4n) is 3.30. The van der Waals surface area contributed by atoms with Gasteiger partial charge in [-0.2, -0.15) is 0 Å². The normalized spacial score (nSPS) is 26.7. The monoisotopic (exact) mass is 264 g/mol. The number of hydrogen-bond acceptors (Lipinski definition) is 2. The van der Waals surface area contributed by atoms with Gasteiger partial charge in [0.05, 0.1) is 6.61 Å². The van der Waals surface area contributed by atoms with Gasteiger partial charge in [-0.3, -0.25) is 4.90 Å². The molecule has 2 unspecified atom stereocenters. The third kappa shape index (κ3) is 1.51. The van der Waals surface area contributed by atoms with Gasteiger partial charge in [0.15, 0.2) is 0 Å². The Morgan fingerprint density at radius 1 is 1.39 bits per heavy atom. The van der Waals surface area contributed by atoms with E-state index in [0.717, 1.165) is 19.6 Å². The molecule has 3 nitrogen and oxygen atoms in total. The summed E-state index contributed by atoms with van der Waals surface area (Å²) in [5, 5.41) is 1.39. The summed E-state index contributed by atoms with van der Waals surface area (Å²) in [4.78, 5) is 5.80. The SMILES string of the molecule is CN1CCOC2c3c[nH]c4cccc(c34)CC21.Cl. The number of hydrogen-bond donors (Lipinski definition) is 1. The number of ether oxygens (including phenoxy) is 1. The zero-order valence-corrected chi connectivity index (χ0v) is 11.2. The topological polar surface area (TPSA) is 28.3 Å². The number of likely N-dealkylation sites (N-methyl/N-ethyl adjacent to an activating group) is 1. The number of nitrogens with one attached hydrogen (secondary N) is 1. The molecule has 1 N–H and O–H groups in total. The first-order valence-electron chi connectivity index (χ1n) is 6.25. The summed E-state index contributed by atoms with van der Waals surface area (Å²) in [5.74, 6) is 0. The quantitative estimate of drug-likeness (QED) is 0.792. The summed E-state index contributed by atoms with van der Waals surface area (Å²) < 4.78 is 6.00. The van der Waals surface area contributed by atoms with Crippen molar-refractivity contribution in [3.05, 3.63) is 35.5 Å². The molecule has 4 rings (SSSR count). The van der Waals surface area contributed by atoms with E-state index in [2.05, 4.69) is 41.3 Å². The van der Waals surface area contributed by atoms with Crippen molar-refractivity contribution in [2.24, 2.45) is 0 Å². The molecule has 0 bridgehead atoms. The number of rotatable bonds is 0. The maximum Gasteiger partial charge on any atom is 0.100 e. The predicted octanol–water partition coefficient (Wildman–Crippen LogP) is 2.52. The maximum atomic E-state index is 6.00. The van der Waals surface area contributed by atoms with Gasteiger partial charge in [0.1, 0.15) is 6.10 Å². The van der Waals surface area contributed by atoms with E-state index in [-0.39, 0.29) is 18.5 Å². The molecule has 1 saturated heterocycles. The molecular weight excluding hydrogens is 248 g/mol. The lowest BCUT2D eigenvalue weighted by molar-refractivity contribution is -0.0643. The molecule has 18 heavy (non-hydrogen) atoms. The van der Waals surface area contributed by atoms with Crippen LogP contribution in [0.25, 0.3) is 10.9 Å². The number of nitrogens with zero attached hydrogens (tertiary/aromatic N) is 1. The van der Waals surface area contributed by atoms with Crippen LogP contribution in [-0.4, -0.2) is 36.1 Å². The lowest BCUT2D eigenvalue weighted by Crippen LogP contribution is -2.47. The second kappa shape index (κ2) is 4.26. The highest BCUT2D eigenvalue weighted by molar-refractivity contribution is 5.88. The van der Waals surface area contributed by atoms with Gasteiger partial charge < -0.3 is 9.72 Å². The van der Waals surface area contributed by atoms with Crippen LogP contribution in [0.1, 0.15) is 17.2 Å². The smallest absolute Gasteiger partial charge is 0.100 e. The van der Waals surface area contributed by atoms with Crippen molar-refractivity contribution in [2.75, 3.05) is 20.2 Å². The Hall–Kier alpha value is -1.03. The highest BCUT2D eigenvalue weighted by atomic mass is 35.5. The molecule has 1 aliphatic carbocycles. The van der Waals surface area contributed by atoms with Gasteiger partial charge in [-0.1, -0.05) is 12.1 Å². The molecule has 0 saturated carbocycles. The first-order chi connectivity index (χ1) is 8.34. The Kier molecular flexibility index (Phi) is 2.85. The molecule has 2 aromatic rings. The fourth-order valence-corrected chi connectivity index (χ4v) is 3.30. The summed E-state index contributed by atoms with van der Waals surface area (Å²) in [5.41, 5.74) is 4.04. The Morgan fingerprint density at radius 3 is 3.17 bits per heavy atom. The van der Waals surface area contributed by atoms with Crippen molar-refractivity contribution in [2.45, 2.75) is 18.6 Å². The molecule has 2 heterocycles. The lowest BCUT2D eigenvalue weighted by Gasteiger charge is -2.41. The largest absolute Gasteiger partial charge is 0.370 e. The second-order valence-electron chi connectivity index (χ2n) is 5.13. The highest BCUT2D eigenvalue weighted by Crippen LogP contribution is 2.40. The van der Waals surface area contributed by atoms with Gasteiger partial charge in [0.2, 0.25) is 0 Å². The number of morpholine rings is 1. The standard InChI is InChI=1S/C14H16N2O.ClH/c1-16-5-6-17-14-10-8-15-11-4-2-3-9(13(10)11)7-12(14)16;/h2-4,8,12,14-15H,5-7H2,1H3;1H. The molecule has 0 amide bonds. The van der Waals surface area contributed by atoms with E-state index in [0.29, 0.717) is 6.04 Å². The van der Waals surface area contributed by atoms with Gasteiger partial charge in [-0.25, -0.2) is 0 Å². The van der Waals surface area contributed by atoms with Crippen LogP contribution in [0.2, 0.25) is 0 Å². The van der Waals surface area contributed by atoms with Crippen LogP contribution in [-0.2, 0) is 11.2 Å². The third-order valence-corrected chi connectivity index (χ3v) is 4.22. The van der Waals surface area contributed by atoms with Crippen molar-refractivity contribution in [1.29, 1.82) is 0 Å². The van der Waals surface area contributed by atoms with Crippen LogP contribution in [0.5, 0.6) is 0 Å². The molecule has 1 aliphatic heterocycles. The van der Waals surface area contributed by atoms with Crippen molar-refractivity contribution >= 4 is 23.3 Å². The van der Waals surface area contributed by atoms with E-state index >= 15 is 0 Å². The summed E-state index contributed by atoms with van der Waals surface area (Å²) in [7, 11) is 2.21. The van der Waals surface area contributed by atoms with Crippen molar-refractivity contribution in [3.63, 3.8) is 0 Å². The molecule has 96 valence electrons. The number of aromatic nitrogens is 1. The third-order valence-electron chi connectivity index (χ3n) is 4.22. The molecule has 2 aliphatic rings. The molecule has 1 aromatic heterocycles. The molecular formula is C14H17ClN2O. The summed E-state index contributed by atoms with van der Waals surface area (Å²) >= 11 is 0. The molecule has 0 spiro atoms. The Morgan fingerprint density at radius 2 is 2.28 bits per heavy atom. The zero-order valence-electron chi connectivity index (χ0n) is 10.3. The predicted molar refractivity (Wildman–Crippen MR) is 74.4 cm³/mol. The van der Waals surface area contributed by atoms with Crippen LogP contribution in [0.15, 0.2) is 24.4 Å². The van der Waals surface area contributed by atoms with E-state index in [1.165, 1.54) is 22.0 Å². The number of H-pyrrole nitrogens is 1. The van der Waals surface area contributed by atoms with Crippen LogP contribution in [0.3, 0.4) is 0 Å². The van der Waals surface area contributed by atoms with Crippen LogP contribution < -0.4 is 0 Å². The second-order valence-corrected chi connectivity index (χ2v) is 5.13. The van der Waals surface area contributed by atoms with E-state index in [9.17, 15) is 0 Å². The molecule has 0 radical (unpaired) electrons. The number of fused-ring (bicyclic) bond motifs is 2. The van der Waals surface area contributed by atoms with Gasteiger partial charge in [-0.05, 0) is 25.1 Å². The minimum absolute atomic E-state index is 0. The lowest BCUT2D eigenvalue weighted by atomic mass is 9.85. The minimum atomic E-state index is 0. The van der Waals surface area contributed by atoms with Crippen LogP contribution in [0.4, 0.5) is 0 Å². The maximum absolute atomic E-state index is 6.00. The number of aromatic amines is 1. The number of benzene rings is 1. The van der Waals surface area contributed by atoms with Gasteiger partial charge in [0, 0.05) is 35.2 Å². The molecule has 2 atom stereocenters. The Labute approximate surface area is 113 Å². The Bertz CT molecular complexity index is 580. The van der Waals surface area contributed by atoms with Crippen molar-refractivity contribution in [1.82, 2.24) is 9.88 Å². The first kappa shape index (κ1) is 12.0. The molecule has 4 heteroatoms. The van der Waals surface area contributed by atoms with Crippen LogP contribution >= 0.6 is 12.4 Å². The Balaban J connectivity index is 0.000001000. The van der Waals surface area contributed by atoms with Gasteiger partial charge in [-0.15, -0.1) is 12.4 Å². The fraction of sp³-hybridized carbons (Fsp3) is 0.429. The first-order valence-corrected chi connectivity index (χ1v) is 6.25. The van der Waals surface area contributed by atoms with E-state index in [1.807, 2.05) is 0 Å².